The normalized spacial score (nSPS) is 17.1. The molecule has 0 N–H and O–H groups in total. The Kier molecular flexibility index (Phi) is 5.37. The van der Waals surface area contributed by atoms with Crippen molar-refractivity contribution in [1.29, 1.82) is 0 Å². The second-order valence-corrected chi connectivity index (χ2v) is 3.69. The fraction of sp³-hybridized carbons (Fsp3) is 0.538. The molecule has 0 amide bonds. The highest BCUT2D eigenvalue weighted by molar-refractivity contribution is 5.14. The van der Waals surface area contributed by atoms with Crippen molar-refractivity contribution in [2.45, 2.75) is 13.8 Å². The highest BCUT2D eigenvalue weighted by atomic mass is 16.5. The summed E-state index contributed by atoms with van der Waals surface area (Å²) in [4.78, 5) is 2.47. The molecule has 1 fully saturated rings. The third kappa shape index (κ3) is 4.02. The van der Waals surface area contributed by atoms with E-state index in [0.717, 1.165) is 39.3 Å². The number of rotatable bonds is 3. The van der Waals surface area contributed by atoms with Gasteiger partial charge >= 0.3 is 0 Å². The lowest BCUT2D eigenvalue weighted by atomic mass is 10.1. The van der Waals surface area contributed by atoms with Crippen LogP contribution >= 0.6 is 0 Å². The van der Waals surface area contributed by atoms with Gasteiger partial charge in [0.25, 0.3) is 0 Å². The number of nitrogens with zero attached hydrogens (tertiary/aromatic N) is 1. The Bertz CT molecular complexity index is 254. The molecule has 15 heavy (non-hydrogen) atoms. The molecule has 0 saturated carbocycles. The van der Waals surface area contributed by atoms with E-state index in [1.807, 2.05) is 0 Å². The van der Waals surface area contributed by atoms with Gasteiger partial charge in [-0.15, -0.1) is 0 Å². The van der Waals surface area contributed by atoms with E-state index in [4.69, 9.17) is 4.74 Å². The van der Waals surface area contributed by atoms with E-state index in [-0.39, 0.29) is 7.43 Å². The largest absolute Gasteiger partial charge is 0.379 e. The quantitative estimate of drug-likeness (QED) is 0.753. The molecular weight excluding hydrogens is 186 g/mol. The smallest absolute Gasteiger partial charge is 0.0594 e. The monoisotopic (exact) mass is 207 g/mol. The van der Waals surface area contributed by atoms with E-state index in [1.165, 1.54) is 5.56 Å². The molecule has 2 nitrogen and oxygen atoms in total. The van der Waals surface area contributed by atoms with Crippen molar-refractivity contribution in [1.82, 2.24) is 4.90 Å². The average Bonchev–Trinajstić information content (AvgIpc) is 2.29. The summed E-state index contributed by atoms with van der Waals surface area (Å²) in [5.41, 5.74) is 1.43. The molecule has 2 heteroatoms. The van der Waals surface area contributed by atoms with E-state index in [1.54, 1.807) is 0 Å². The van der Waals surface area contributed by atoms with Gasteiger partial charge in [0.05, 0.1) is 13.2 Å². The maximum atomic E-state index is 5.31. The molecule has 84 valence electrons. The third-order valence-electron chi connectivity index (χ3n) is 2.66. The van der Waals surface area contributed by atoms with Crippen LogP contribution in [0.4, 0.5) is 0 Å². The van der Waals surface area contributed by atoms with Crippen LogP contribution in [0.25, 0.3) is 0 Å². The Morgan fingerprint density at radius 1 is 1.07 bits per heavy atom. The summed E-state index contributed by atoms with van der Waals surface area (Å²) in [7, 11) is 0. The summed E-state index contributed by atoms with van der Waals surface area (Å²) in [5, 5.41) is 0. The Morgan fingerprint density at radius 2 is 1.73 bits per heavy atom. The van der Waals surface area contributed by atoms with E-state index >= 15 is 0 Å². The first-order valence-electron chi connectivity index (χ1n) is 5.29. The average molecular weight is 207 g/mol. The van der Waals surface area contributed by atoms with E-state index < -0.39 is 0 Å². The van der Waals surface area contributed by atoms with Gasteiger partial charge in [-0.1, -0.05) is 37.8 Å². The highest BCUT2D eigenvalue weighted by Gasteiger charge is 2.09. The molecule has 0 spiro atoms. The van der Waals surface area contributed by atoms with Gasteiger partial charge in [-0.2, -0.15) is 0 Å². The molecule has 1 aromatic carbocycles. The Labute approximate surface area is 92.9 Å². The Morgan fingerprint density at radius 3 is 2.40 bits per heavy atom. The van der Waals surface area contributed by atoms with Gasteiger partial charge in [-0.25, -0.2) is 0 Å². The summed E-state index contributed by atoms with van der Waals surface area (Å²) in [6.07, 6.45) is 1.15. The lowest BCUT2D eigenvalue weighted by Gasteiger charge is -2.26. The minimum absolute atomic E-state index is 0. The first-order chi connectivity index (χ1) is 6.95. The maximum Gasteiger partial charge on any atom is 0.0594 e. The van der Waals surface area contributed by atoms with Crippen LogP contribution in [0, 0.1) is 0 Å². The minimum atomic E-state index is 0. The molecule has 1 heterocycles. The zero-order valence-electron chi connectivity index (χ0n) is 8.48. The van der Waals surface area contributed by atoms with Crippen LogP contribution in [0.2, 0.25) is 0 Å². The molecule has 0 bridgehead atoms. The second-order valence-electron chi connectivity index (χ2n) is 3.69. The van der Waals surface area contributed by atoms with Crippen molar-refractivity contribution in [3.8, 4) is 0 Å². The summed E-state index contributed by atoms with van der Waals surface area (Å²) in [6.45, 7) is 5.14. The lowest BCUT2D eigenvalue weighted by Crippen LogP contribution is -2.37. The molecule has 1 aromatic rings. The standard InChI is InChI=1S/C12H17NO.CH4/c1-2-4-12(5-3-1)6-7-13-8-10-14-11-9-13;/h1-5H,6-11H2;1H4. The van der Waals surface area contributed by atoms with Crippen LogP contribution in [-0.4, -0.2) is 37.7 Å². The molecule has 0 aromatic heterocycles. The highest BCUT2D eigenvalue weighted by Crippen LogP contribution is 2.03. The zero-order valence-corrected chi connectivity index (χ0v) is 8.48. The minimum Gasteiger partial charge on any atom is -0.379 e. The first kappa shape index (κ1) is 12.2. The maximum absolute atomic E-state index is 5.31. The first-order valence-corrected chi connectivity index (χ1v) is 5.29. The summed E-state index contributed by atoms with van der Waals surface area (Å²) >= 11 is 0. The van der Waals surface area contributed by atoms with Crippen LogP contribution < -0.4 is 0 Å². The van der Waals surface area contributed by atoms with Crippen LogP contribution in [0.5, 0.6) is 0 Å². The topological polar surface area (TPSA) is 12.5 Å². The molecule has 0 radical (unpaired) electrons. The van der Waals surface area contributed by atoms with Crippen molar-refractivity contribution in [2.24, 2.45) is 0 Å². The van der Waals surface area contributed by atoms with Crippen molar-refractivity contribution in [3.05, 3.63) is 35.9 Å². The van der Waals surface area contributed by atoms with Gasteiger partial charge in [-0.3, -0.25) is 4.90 Å². The predicted octanol–water partition coefficient (Wildman–Crippen LogP) is 2.20. The predicted molar refractivity (Wildman–Crippen MR) is 64.1 cm³/mol. The van der Waals surface area contributed by atoms with Crippen molar-refractivity contribution < 1.29 is 4.74 Å². The van der Waals surface area contributed by atoms with Crippen LogP contribution in [0.3, 0.4) is 0 Å². The van der Waals surface area contributed by atoms with Gasteiger partial charge in [-0.05, 0) is 12.0 Å². The molecule has 1 saturated heterocycles. The van der Waals surface area contributed by atoms with Gasteiger partial charge in [0, 0.05) is 19.6 Å². The summed E-state index contributed by atoms with van der Waals surface area (Å²) in [5.74, 6) is 0. The van der Waals surface area contributed by atoms with E-state index in [2.05, 4.69) is 35.2 Å². The molecule has 2 rings (SSSR count). The zero-order chi connectivity index (χ0) is 9.64. The molecule has 0 atom stereocenters. The van der Waals surface area contributed by atoms with Gasteiger partial charge < -0.3 is 4.74 Å². The number of hydrogen-bond donors (Lipinski definition) is 0. The number of ether oxygens (including phenoxy) is 1. The molecular formula is C13H21NO. The van der Waals surface area contributed by atoms with Gasteiger partial charge in [0.2, 0.25) is 0 Å². The SMILES string of the molecule is C.c1ccc(CCN2CCOCC2)cc1. The fourth-order valence-corrected chi connectivity index (χ4v) is 1.76. The summed E-state index contributed by atoms with van der Waals surface area (Å²) < 4.78 is 5.31. The molecule has 0 aliphatic carbocycles. The molecule has 1 aliphatic rings. The van der Waals surface area contributed by atoms with Crippen molar-refractivity contribution in [3.63, 3.8) is 0 Å². The molecule has 0 unspecified atom stereocenters. The van der Waals surface area contributed by atoms with E-state index in [9.17, 15) is 0 Å². The molecule has 1 aliphatic heterocycles. The Balaban J connectivity index is 0.00000112. The van der Waals surface area contributed by atoms with Crippen LogP contribution in [0.1, 0.15) is 13.0 Å². The van der Waals surface area contributed by atoms with Gasteiger partial charge in [0.15, 0.2) is 0 Å². The number of hydrogen-bond acceptors (Lipinski definition) is 2. The Hall–Kier alpha value is -0.860. The fourth-order valence-electron chi connectivity index (χ4n) is 1.76. The van der Waals surface area contributed by atoms with Crippen molar-refractivity contribution in [2.75, 3.05) is 32.8 Å². The van der Waals surface area contributed by atoms with Crippen LogP contribution in [-0.2, 0) is 11.2 Å². The van der Waals surface area contributed by atoms with Crippen molar-refractivity contribution >= 4 is 0 Å². The third-order valence-corrected chi connectivity index (χ3v) is 2.66. The van der Waals surface area contributed by atoms with E-state index in [0.29, 0.717) is 0 Å². The van der Waals surface area contributed by atoms with Gasteiger partial charge in [0.1, 0.15) is 0 Å². The number of morpholine rings is 1. The lowest BCUT2D eigenvalue weighted by molar-refractivity contribution is 0.0384. The number of benzene rings is 1. The second kappa shape index (κ2) is 6.59. The summed E-state index contributed by atoms with van der Waals surface area (Å²) in [6, 6.07) is 10.7. The van der Waals surface area contributed by atoms with Crippen LogP contribution in [0.15, 0.2) is 30.3 Å².